The van der Waals surface area contributed by atoms with E-state index in [1.807, 2.05) is 35.6 Å². The first-order valence-corrected chi connectivity index (χ1v) is 8.67. The van der Waals surface area contributed by atoms with Gasteiger partial charge in [0.2, 0.25) is 0 Å². The van der Waals surface area contributed by atoms with Crippen molar-refractivity contribution in [1.29, 1.82) is 0 Å². The van der Waals surface area contributed by atoms with Crippen molar-refractivity contribution in [1.82, 2.24) is 20.1 Å². The molecule has 2 aromatic heterocycles. The standard InChI is InChI=1S/C17H19N5S/c18-14-4-2-1-3-12(14)9-16-19-17(21-20-16)11-22-7-5-15-13(10-22)6-8-23-15/h1-4,6,8H,5,7,9-11,18H2,(H,19,20,21). The predicted octanol–water partition coefficient (Wildman–Crippen LogP) is 2.60. The maximum Gasteiger partial charge on any atom is 0.164 e. The Kier molecular flexibility index (Phi) is 3.85. The number of aromatic nitrogens is 3. The molecule has 23 heavy (non-hydrogen) atoms. The summed E-state index contributed by atoms with van der Waals surface area (Å²) >= 11 is 1.86. The Balaban J connectivity index is 1.42. The molecular formula is C17H19N5S. The number of benzene rings is 1. The molecule has 4 rings (SSSR count). The molecule has 1 aliphatic heterocycles. The number of H-pyrrole nitrogens is 1. The van der Waals surface area contributed by atoms with Crippen LogP contribution in [0, 0.1) is 0 Å². The highest BCUT2D eigenvalue weighted by Gasteiger charge is 2.18. The SMILES string of the molecule is Nc1ccccc1Cc1nc(CN2CCc3sccc3C2)n[nH]1. The van der Waals surface area contributed by atoms with E-state index in [9.17, 15) is 0 Å². The van der Waals surface area contributed by atoms with E-state index in [4.69, 9.17) is 5.73 Å². The summed E-state index contributed by atoms with van der Waals surface area (Å²) in [5.41, 5.74) is 9.32. The molecule has 1 aliphatic rings. The number of nitrogens with two attached hydrogens (primary N) is 1. The normalized spacial score (nSPS) is 14.8. The van der Waals surface area contributed by atoms with Crippen molar-refractivity contribution in [3.63, 3.8) is 0 Å². The number of para-hydroxylation sites is 1. The van der Waals surface area contributed by atoms with Gasteiger partial charge in [-0.15, -0.1) is 11.3 Å². The molecule has 0 aliphatic carbocycles. The molecule has 0 amide bonds. The number of hydrogen-bond donors (Lipinski definition) is 2. The first-order chi connectivity index (χ1) is 11.3. The summed E-state index contributed by atoms with van der Waals surface area (Å²) in [5.74, 6) is 1.72. The number of nitrogen functional groups attached to an aromatic ring is 1. The van der Waals surface area contributed by atoms with Crippen molar-refractivity contribution < 1.29 is 0 Å². The summed E-state index contributed by atoms with van der Waals surface area (Å²) in [6.07, 6.45) is 1.82. The molecule has 3 N–H and O–H groups in total. The molecule has 3 aromatic rings. The molecule has 0 unspecified atom stereocenters. The lowest BCUT2D eigenvalue weighted by molar-refractivity contribution is 0.241. The summed E-state index contributed by atoms with van der Waals surface area (Å²) in [5, 5.41) is 9.59. The molecule has 0 saturated heterocycles. The topological polar surface area (TPSA) is 70.8 Å². The van der Waals surface area contributed by atoms with E-state index in [2.05, 4.69) is 31.5 Å². The number of nitrogens with zero attached hydrogens (tertiary/aromatic N) is 3. The van der Waals surface area contributed by atoms with Gasteiger partial charge in [0.05, 0.1) is 6.54 Å². The molecule has 1 aromatic carbocycles. The minimum atomic E-state index is 0.689. The third-order valence-electron chi connectivity index (χ3n) is 4.24. The Morgan fingerprint density at radius 3 is 3.09 bits per heavy atom. The fraction of sp³-hybridized carbons (Fsp3) is 0.294. The number of thiophene rings is 1. The van der Waals surface area contributed by atoms with Crippen molar-refractivity contribution in [3.05, 3.63) is 63.4 Å². The van der Waals surface area contributed by atoms with Gasteiger partial charge in [-0.1, -0.05) is 18.2 Å². The zero-order valence-electron chi connectivity index (χ0n) is 12.8. The first-order valence-electron chi connectivity index (χ1n) is 7.79. The zero-order valence-corrected chi connectivity index (χ0v) is 13.6. The number of nitrogens with one attached hydrogen (secondary N) is 1. The van der Waals surface area contributed by atoms with Crippen molar-refractivity contribution in [2.45, 2.75) is 25.9 Å². The van der Waals surface area contributed by atoms with Gasteiger partial charge >= 0.3 is 0 Å². The maximum absolute atomic E-state index is 5.99. The second-order valence-electron chi connectivity index (χ2n) is 5.90. The van der Waals surface area contributed by atoms with Gasteiger partial charge in [0.1, 0.15) is 5.82 Å². The van der Waals surface area contributed by atoms with Crippen LogP contribution >= 0.6 is 11.3 Å². The zero-order chi connectivity index (χ0) is 15.6. The van der Waals surface area contributed by atoms with Gasteiger partial charge in [-0.25, -0.2) is 4.98 Å². The van der Waals surface area contributed by atoms with Crippen LogP contribution in [0.3, 0.4) is 0 Å². The van der Waals surface area contributed by atoms with E-state index in [0.29, 0.717) is 6.42 Å². The van der Waals surface area contributed by atoms with Gasteiger partial charge in [0.15, 0.2) is 5.82 Å². The van der Waals surface area contributed by atoms with Crippen LogP contribution in [-0.2, 0) is 25.9 Å². The van der Waals surface area contributed by atoms with E-state index in [1.165, 1.54) is 10.4 Å². The summed E-state index contributed by atoms with van der Waals surface area (Å²) < 4.78 is 0. The molecule has 5 nitrogen and oxygen atoms in total. The Bertz CT molecular complexity index is 807. The fourth-order valence-corrected chi connectivity index (χ4v) is 3.89. The fourth-order valence-electron chi connectivity index (χ4n) is 3.00. The van der Waals surface area contributed by atoms with Crippen LogP contribution in [-0.4, -0.2) is 26.6 Å². The average Bonchev–Trinajstić information content (AvgIpc) is 3.18. The van der Waals surface area contributed by atoms with Crippen molar-refractivity contribution in [2.75, 3.05) is 12.3 Å². The lowest BCUT2D eigenvalue weighted by Crippen LogP contribution is -2.29. The monoisotopic (exact) mass is 325 g/mol. The van der Waals surface area contributed by atoms with Crippen LogP contribution in [0.15, 0.2) is 35.7 Å². The number of fused-ring (bicyclic) bond motifs is 1. The molecule has 0 atom stereocenters. The van der Waals surface area contributed by atoms with Crippen LogP contribution in [0.1, 0.15) is 27.7 Å². The molecular weight excluding hydrogens is 306 g/mol. The summed E-state index contributed by atoms with van der Waals surface area (Å²) in [6.45, 7) is 2.85. The second-order valence-corrected chi connectivity index (χ2v) is 6.90. The summed E-state index contributed by atoms with van der Waals surface area (Å²) in [7, 11) is 0. The number of hydrogen-bond acceptors (Lipinski definition) is 5. The molecule has 118 valence electrons. The van der Waals surface area contributed by atoms with E-state index in [-0.39, 0.29) is 0 Å². The lowest BCUT2D eigenvalue weighted by atomic mass is 10.1. The van der Waals surface area contributed by atoms with Gasteiger partial charge < -0.3 is 5.73 Å². The van der Waals surface area contributed by atoms with Crippen LogP contribution in [0.4, 0.5) is 5.69 Å². The van der Waals surface area contributed by atoms with Crippen molar-refractivity contribution in [3.8, 4) is 0 Å². The van der Waals surface area contributed by atoms with Gasteiger partial charge in [-0.3, -0.25) is 10.00 Å². The number of rotatable bonds is 4. The lowest BCUT2D eigenvalue weighted by Gasteiger charge is -2.25. The molecule has 0 radical (unpaired) electrons. The Hall–Kier alpha value is -2.18. The van der Waals surface area contributed by atoms with Crippen molar-refractivity contribution in [2.24, 2.45) is 0 Å². The summed E-state index contributed by atoms with van der Waals surface area (Å²) in [6, 6.07) is 10.1. The Morgan fingerprint density at radius 1 is 1.26 bits per heavy atom. The van der Waals surface area contributed by atoms with Gasteiger partial charge in [-0.2, -0.15) is 5.10 Å². The minimum Gasteiger partial charge on any atom is -0.398 e. The quantitative estimate of drug-likeness (QED) is 0.723. The highest BCUT2D eigenvalue weighted by Crippen LogP contribution is 2.24. The highest BCUT2D eigenvalue weighted by molar-refractivity contribution is 7.10. The van der Waals surface area contributed by atoms with Gasteiger partial charge in [-0.05, 0) is 35.1 Å². The summed E-state index contributed by atoms with van der Waals surface area (Å²) in [4.78, 5) is 8.55. The Labute approximate surface area is 139 Å². The average molecular weight is 325 g/mol. The molecule has 0 saturated carbocycles. The van der Waals surface area contributed by atoms with Crippen LogP contribution in [0.5, 0.6) is 0 Å². The third-order valence-corrected chi connectivity index (χ3v) is 5.27. The van der Waals surface area contributed by atoms with Crippen LogP contribution in [0.2, 0.25) is 0 Å². The van der Waals surface area contributed by atoms with Gasteiger partial charge in [0.25, 0.3) is 0 Å². The molecule has 0 bridgehead atoms. The maximum atomic E-state index is 5.99. The smallest absolute Gasteiger partial charge is 0.164 e. The van der Waals surface area contributed by atoms with Crippen LogP contribution in [0.25, 0.3) is 0 Å². The van der Waals surface area contributed by atoms with Gasteiger partial charge in [0, 0.05) is 30.1 Å². The third kappa shape index (κ3) is 3.13. The van der Waals surface area contributed by atoms with E-state index in [0.717, 1.165) is 49.0 Å². The first kappa shape index (κ1) is 14.4. The largest absolute Gasteiger partial charge is 0.398 e. The second kappa shape index (κ2) is 6.14. The molecule has 0 spiro atoms. The highest BCUT2D eigenvalue weighted by atomic mass is 32.1. The molecule has 6 heteroatoms. The van der Waals surface area contributed by atoms with Crippen LogP contribution < -0.4 is 5.73 Å². The predicted molar refractivity (Wildman–Crippen MR) is 92.2 cm³/mol. The molecule has 0 fully saturated rings. The number of anilines is 1. The number of aromatic amines is 1. The van der Waals surface area contributed by atoms with E-state index in [1.54, 1.807) is 0 Å². The van der Waals surface area contributed by atoms with E-state index >= 15 is 0 Å². The minimum absolute atomic E-state index is 0.689. The van der Waals surface area contributed by atoms with Crippen molar-refractivity contribution >= 4 is 17.0 Å². The van der Waals surface area contributed by atoms with E-state index < -0.39 is 0 Å². The Morgan fingerprint density at radius 2 is 2.17 bits per heavy atom. The molecule has 3 heterocycles.